The van der Waals surface area contributed by atoms with Gasteiger partial charge in [0.1, 0.15) is 23.2 Å². The Bertz CT molecular complexity index is 919. The number of ether oxygens (including phenoxy) is 1. The van der Waals surface area contributed by atoms with Gasteiger partial charge in [-0.3, -0.25) is 25.0 Å². The summed E-state index contributed by atoms with van der Waals surface area (Å²) in [6, 6.07) is 3.79. The fraction of sp³-hybridized carbons (Fsp3) is 0.0667. The van der Waals surface area contributed by atoms with Gasteiger partial charge in [-0.15, -0.1) is 0 Å². The monoisotopic (exact) mass is 314 g/mol. The highest BCUT2D eigenvalue weighted by Crippen LogP contribution is 2.19. The maximum absolute atomic E-state index is 12.5. The number of benzene rings is 1. The molecule has 0 atom stereocenters. The molecule has 2 heterocycles. The summed E-state index contributed by atoms with van der Waals surface area (Å²) in [5.74, 6) is -1.30. The third-order valence-corrected chi connectivity index (χ3v) is 3.25. The van der Waals surface area contributed by atoms with Crippen LogP contribution in [-0.2, 0) is 9.59 Å². The molecule has 1 aliphatic rings. The Morgan fingerprint density at radius 3 is 2.43 bits per heavy atom. The lowest BCUT2D eigenvalue weighted by molar-refractivity contribution is -0.123. The van der Waals surface area contributed by atoms with Crippen molar-refractivity contribution in [1.82, 2.24) is 10.6 Å². The minimum atomic E-state index is -0.910. The second-order valence-electron chi connectivity index (χ2n) is 4.68. The van der Waals surface area contributed by atoms with Crippen LogP contribution in [0.2, 0.25) is 0 Å². The van der Waals surface area contributed by atoms with Crippen molar-refractivity contribution >= 4 is 34.9 Å². The van der Waals surface area contributed by atoms with E-state index in [-0.39, 0.29) is 16.5 Å². The number of hydrogen-bond acceptors (Lipinski definition) is 6. The average molecular weight is 314 g/mol. The van der Waals surface area contributed by atoms with E-state index in [1.807, 2.05) is 10.6 Å². The molecule has 23 heavy (non-hydrogen) atoms. The number of carbonyl (C=O) groups excluding carboxylic acids is 3. The van der Waals surface area contributed by atoms with Gasteiger partial charge in [-0.05, 0) is 24.3 Å². The highest BCUT2D eigenvalue weighted by atomic mass is 16.5. The summed E-state index contributed by atoms with van der Waals surface area (Å²) in [6.45, 7) is 0. The zero-order valence-electron chi connectivity index (χ0n) is 11.8. The van der Waals surface area contributed by atoms with Gasteiger partial charge in [0, 0.05) is 0 Å². The number of methoxy groups -OCH3 is 1. The van der Waals surface area contributed by atoms with Crippen LogP contribution < -0.4 is 20.8 Å². The van der Waals surface area contributed by atoms with Crippen LogP contribution in [0.25, 0.3) is 17.0 Å². The van der Waals surface area contributed by atoms with Crippen molar-refractivity contribution in [2.75, 3.05) is 7.11 Å². The van der Waals surface area contributed by atoms with Crippen LogP contribution in [0.3, 0.4) is 0 Å². The average Bonchev–Trinajstić information content (AvgIpc) is 2.52. The summed E-state index contributed by atoms with van der Waals surface area (Å²) in [4.78, 5) is 46.8. The lowest BCUT2D eigenvalue weighted by atomic mass is 10.1. The highest BCUT2D eigenvalue weighted by Gasteiger charge is 2.28. The molecule has 1 aliphatic heterocycles. The summed E-state index contributed by atoms with van der Waals surface area (Å²) in [5, 5.41) is 4.09. The molecule has 3 rings (SSSR count). The Balaban J connectivity index is 2.13. The number of fused-ring (bicyclic) bond motifs is 1. The van der Waals surface area contributed by atoms with Crippen LogP contribution >= 0.6 is 0 Å². The number of imide groups is 2. The molecule has 116 valence electrons. The molecule has 0 bridgehead atoms. The molecular formula is C15H10N2O6. The van der Waals surface area contributed by atoms with E-state index in [1.165, 1.54) is 13.2 Å². The number of amides is 4. The van der Waals surface area contributed by atoms with Gasteiger partial charge >= 0.3 is 6.03 Å². The predicted octanol–water partition coefficient (Wildman–Crippen LogP) is 0.551. The second kappa shape index (κ2) is 5.41. The van der Waals surface area contributed by atoms with Crippen molar-refractivity contribution in [3.8, 4) is 5.75 Å². The number of barbiturate groups is 1. The zero-order chi connectivity index (χ0) is 16.6. The molecule has 8 nitrogen and oxygen atoms in total. The second-order valence-corrected chi connectivity index (χ2v) is 4.68. The van der Waals surface area contributed by atoms with Crippen molar-refractivity contribution in [2.45, 2.75) is 0 Å². The molecule has 1 aromatic carbocycles. The van der Waals surface area contributed by atoms with Gasteiger partial charge in [0.05, 0.1) is 18.1 Å². The smallest absolute Gasteiger partial charge is 0.328 e. The SMILES string of the molecule is COc1ccc2occ(C=C3C(=O)NC(=O)NC3=O)c(=O)c2c1. The zero-order valence-corrected chi connectivity index (χ0v) is 11.8. The first-order valence-corrected chi connectivity index (χ1v) is 6.47. The molecule has 8 heteroatoms. The Morgan fingerprint density at radius 1 is 1.09 bits per heavy atom. The molecule has 1 aromatic heterocycles. The van der Waals surface area contributed by atoms with E-state index in [9.17, 15) is 19.2 Å². The number of carbonyl (C=O) groups is 3. The van der Waals surface area contributed by atoms with Crippen LogP contribution in [0.1, 0.15) is 5.56 Å². The lowest BCUT2D eigenvalue weighted by Gasteiger charge is -2.13. The third kappa shape index (κ3) is 2.57. The van der Waals surface area contributed by atoms with E-state index < -0.39 is 23.3 Å². The van der Waals surface area contributed by atoms with Gasteiger partial charge in [0.25, 0.3) is 11.8 Å². The van der Waals surface area contributed by atoms with Crippen molar-refractivity contribution in [3.63, 3.8) is 0 Å². The molecule has 0 unspecified atom stereocenters. The van der Waals surface area contributed by atoms with Gasteiger partial charge in [0.15, 0.2) is 5.43 Å². The number of hydrogen-bond donors (Lipinski definition) is 2. The quantitative estimate of drug-likeness (QED) is 0.618. The normalized spacial score (nSPS) is 14.5. The first kappa shape index (κ1) is 14.5. The molecular weight excluding hydrogens is 304 g/mol. The highest BCUT2D eigenvalue weighted by molar-refractivity contribution is 6.31. The predicted molar refractivity (Wildman–Crippen MR) is 78.7 cm³/mol. The van der Waals surface area contributed by atoms with Crippen molar-refractivity contribution < 1.29 is 23.5 Å². The number of nitrogens with one attached hydrogen (secondary N) is 2. The van der Waals surface area contributed by atoms with Gasteiger partial charge in [-0.2, -0.15) is 0 Å². The van der Waals surface area contributed by atoms with Crippen molar-refractivity contribution in [3.05, 3.63) is 45.8 Å². The first-order chi connectivity index (χ1) is 11.0. The molecule has 2 N–H and O–H groups in total. The molecule has 0 spiro atoms. The van der Waals surface area contributed by atoms with Gasteiger partial charge in [-0.1, -0.05) is 0 Å². The first-order valence-electron chi connectivity index (χ1n) is 6.47. The standard InChI is InChI=1S/C15H10N2O6/c1-22-8-2-3-11-9(5-8)12(18)7(6-23-11)4-10-13(19)16-15(21)17-14(10)20/h2-6H,1H3,(H2,16,17,19,20,21). The minimum absolute atomic E-state index is 0.000372. The Morgan fingerprint density at radius 2 is 1.78 bits per heavy atom. The van der Waals surface area contributed by atoms with Gasteiger partial charge in [-0.25, -0.2) is 4.79 Å². The Labute approximate surface area is 128 Å². The third-order valence-electron chi connectivity index (χ3n) is 3.25. The van der Waals surface area contributed by atoms with E-state index in [2.05, 4.69) is 0 Å². The molecule has 0 aliphatic carbocycles. The topological polar surface area (TPSA) is 115 Å². The Hall–Kier alpha value is -3.42. The van der Waals surface area contributed by atoms with E-state index >= 15 is 0 Å². The summed E-state index contributed by atoms with van der Waals surface area (Å²) < 4.78 is 10.4. The summed E-state index contributed by atoms with van der Waals surface area (Å²) in [5.41, 5.74) is -0.458. The van der Waals surface area contributed by atoms with Crippen LogP contribution in [0.4, 0.5) is 4.79 Å². The van der Waals surface area contributed by atoms with E-state index in [0.717, 1.165) is 12.3 Å². The molecule has 0 saturated carbocycles. The summed E-state index contributed by atoms with van der Waals surface area (Å²) in [7, 11) is 1.46. The largest absolute Gasteiger partial charge is 0.497 e. The summed E-state index contributed by atoms with van der Waals surface area (Å²) in [6.07, 6.45) is 2.21. The molecule has 0 radical (unpaired) electrons. The van der Waals surface area contributed by atoms with Crippen LogP contribution in [0, 0.1) is 0 Å². The molecule has 2 aromatic rings. The van der Waals surface area contributed by atoms with E-state index in [4.69, 9.17) is 9.15 Å². The Kier molecular flexibility index (Phi) is 3.41. The fourth-order valence-electron chi connectivity index (χ4n) is 2.11. The number of rotatable bonds is 2. The molecule has 1 saturated heterocycles. The fourth-order valence-corrected chi connectivity index (χ4v) is 2.11. The van der Waals surface area contributed by atoms with Gasteiger partial charge in [0.2, 0.25) is 0 Å². The van der Waals surface area contributed by atoms with E-state index in [0.29, 0.717) is 11.3 Å². The number of urea groups is 1. The molecule has 4 amide bonds. The maximum Gasteiger partial charge on any atom is 0.328 e. The van der Waals surface area contributed by atoms with Crippen LogP contribution in [0.15, 0.2) is 39.2 Å². The van der Waals surface area contributed by atoms with Gasteiger partial charge < -0.3 is 9.15 Å². The maximum atomic E-state index is 12.5. The van der Waals surface area contributed by atoms with Crippen LogP contribution in [0.5, 0.6) is 5.75 Å². The lowest BCUT2D eigenvalue weighted by Crippen LogP contribution is -2.51. The minimum Gasteiger partial charge on any atom is -0.497 e. The van der Waals surface area contributed by atoms with E-state index in [1.54, 1.807) is 12.1 Å². The van der Waals surface area contributed by atoms with Crippen LogP contribution in [-0.4, -0.2) is 25.0 Å². The van der Waals surface area contributed by atoms with Crippen molar-refractivity contribution in [2.24, 2.45) is 0 Å². The molecule has 1 fully saturated rings. The summed E-state index contributed by atoms with van der Waals surface area (Å²) >= 11 is 0. The van der Waals surface area contributed by atoms with Crippen molar-refractivity contribution in [1.29, 1.82) is 0 Å².